The Morgan fingerprint density at radius 3 is 2.48 bits per heavy atom. The summed E-state index contributed by atoms with van der Waals surface area (Å²) in [5.41, 5.74) is 8.84. The highest BCUT2D eigenvalue weighted by Gasteiger charge is 2.22. The van der Waals surface area contributed by atoms with Crippen molar-refractivity contribution < 1.29 is 9.59 Å². The van der Waals surface area contributed by atoms with E-state index in [9.17, 15) is 9.59 Å². The molecule has 1 heterocycles. The third-order valence-corrected chi connectivity index (χ3v) is 5.89. The van der Waals surface area contributed by atoms with Gasteiger partial charge < -0.3 is 21.4 Å². The lowest BCUT2D eigenvalue weighted by atomic mass is 10.0. The Hall–Kier alpha value is -3.12. The number of fused-ring (bicyclic) bond motifs is 1. The minimum absolute atomic E-state index is 0.0768. The molecule has 0 radical (unpaired) electrons. The number of H-pyrrole nitrogens is 1. The van der Waals surface area contributed by atoms with Crippen LogP contribution in [0, 0.1) is 0 Å². The van der Waals surface area contributed by atoms with Crippen LogP contribution < -0.4 is 16.4 Å². The van der Waals surface area contributed by atoms with Crippen LogP contribution in [0.2, 0.25) is 0 Å². The fourth-order valence-electron chi connectivity index (χ4n) is 4.05. The lowest BCUT2D eigenvalue weighted by molar-refractivity contribution is -0.129. The topological polar surface area (TPSA) is 100 Å². The second-order valence-corrected chi connectivity index (χ2v) is 8.52. The van der Waals surface area contributed by atoms with Crippen LogP contribution in [0.25, 0.3) is 10.9 Å². The predicted octanol–water partition coefficient (Wildman–Crippen LogP) is 3.85. The van der Waals surface area contributed by atoms with Gasteiger partial charge in [0, 0.05) is 36.5 Å². The van der Waals surface area contributed by atoms with Gasteiger partial charge >= 0.3 is 0 Å². The molecule has 5 N–H and O–H groups in total. The number of carbonyl (C=O) groups is 2. The molecule has 0 saturated heterocycles. The van der Waals surface area contributed by atoms with E-state index in [1.54, 1.807) is 0 Å². The molecule has 33 heavy (non-hydrogen) atoms. The van der Waals surface area contributed by atoms with Crippen LogP contribution in [0.1, 0.15) is 49.7 Å². The molecule has 6 heteroatoms. The molecule has 0 bridgehead atoms. The van der Waals surface area contributed by atoms with Gasteiger partial charge in [0.15, 0.2) is 0 Å². The molecule has 0 aliphatic heterocycles. The lowest BCUT2D eigenvalue weighted by Gasteiger charge is -2.18. The first-order valence-electron chi connectivity index (χ1n) is 12.0. The number of aromatic nitrogens is 1. The van der Waals surface area contributed by atoms with Crippen molar-refractivity contribution in [1.82, 2.24) is 15.6 Å². The average Bonchev–Trinajstić information content (AvgIpc) is 3.24. The molecule has 0 aliphatic carbocycles. The molecule has 1 aromatic heterocycles. The van der Waals surface area contributed by atoms with Gasteiger partial charge in [-0.05, 0) is 49.4 Å². The minimum atomic E-state index is -0.600. The Balaban J connectivity index is 1.56. The Morgan fingerprint density at radius 2 is 1.67 bits per heavy atom. The number of unbranched alkanes of at least 4 members (excludes halogenated alkanes) is 3. The van der Waals surface area contributed by atoms with Crippen molar-refractivity contribution in [2.75, 3.05) is 13.1 Å². The van der Waals surface area contributed by atoms with Crippen molar-refractivity contribution >= 4 is 22.7 Å². The molecular formula is C27H36N4O2. The Morgan fingerprint density at radius 1 is 0.909 bits per heavy atom. The zero-order valence-corrected chi connectivity index (χ0v) is 19.3. The lowest BCUT2D eigenvalue weighted by Crippen LogP contribution is -2.48. The first-order valence-corrected chi connectivity index (χ1v) is 12.0. The molecule has 0 aliphatic rings. The number of benzene rings is 2. The zero-order valence-electron chi connectivity index (χ0n) is 19.3. The normalized spacial score (nSPS) is 11.9. The minimum Gasteiger partial charge on any atom is -0.361 e. The summed E-state index contributed by atoms with van der Waals surface area (Å²) < 4.78 is 0. The van der Waals surface area contributed by atoms with E-state index < -0.39 is 6.04 Å². The van der Waals surface area contributed by atoms with Gasteiger partial charge in [0.05, 0.1) is 0 Å². The van der Waals surface area contributed by atoms with Crippen molar-refractivity contribution in [3.05, 3.63) is 71.9 Å². The molecule has 1 atom stereocenters. The first-order chi connectivity index (χ1) is 16.2. The Kier molecular flexibility index (Phi) is 9.98. The summed E-state index contributed by atoms with van der Waals surface area (Å²) in [6.45, 7) is 1.26. The smallest absolute Gasteiger partial charge is 0.242 e. The van der Waals surface area contributed by atoms with Gasteiger partial charge in [-0.25, -0.2) is 0 Å². The maximum atomic E-state index is 13.0. The van der Waals surface area contributed by atoms with Crippen molar-refractivity contribution in [3.63, 3.8) is 0 Å². The summed E-state index contributed by atoms with van der Waals surface area (Å²) >= 11 is 0. The van der Waals surface area contributed by atoms with E-state index in [0.717, 1.165) is 55.0 Å². The summed E-state index contributed by atoms with van der Waals surface area (Å²) in [6, 6.07) is 17.6. The van der Waals surface area contributed by atoms with E-state index in [1.165, 1.54) is 5.56 Å². The molecule has 2 amide bonds. The summed E-state index contributed by atoms with van der Waals surface area (Å²) in [5, 5.41) is 7.08. The molecule has 0 saturated carbocycles. The van der Waals surface area contributed by atoms with Crippen molar-refractivity contribution in [3.8, 4) is 0 Å². The SMILES string of the molecule is NCCCCCCC(=O)NC(Cc1c[nH]c2ccccc12)C(=O)NCCCc1ccccc1. The number of hydrogen-bond donors (Lipinski definition) is 4. The maximum Gasteiger partial charge on any atom is 0.242 e. The van der Waals surface area contributed by atoms with Crippen LogP contribution in [0.15, 0.2) is 60.8 Å². The number of amides is 2. The van der Waals surface area contributed by atoms with Gasteiger partial charge in [0.2, 0.25) is 11.8 Å². The van der Waals surface area contributed by atoms with Crippen LogP contribution in [0.3, 0.4) is 0 Å². The second-order valence-electron chi connectivity index (χ2n) is 8.52. The quantitative estimate of drug-likeness (QED) is 0.282. The summed E-state index contributed by atoms with van der Waals surface area (Å²) in [5.74, 6) is -0.211. The number of nitrogens with one attached hydrogen (secondary N) is 3. The summed E-state index contributed by atoms with van der Waals surface area (Å²) in [4.78, 5) is 28.8. The Bertz CT molecular complexity index is 1000. The van der Waals surface area contributed by atoms with Gasteiger partial charge in [0.1, 0.15) is 6.04 Å². The van der Waals surface area contributed by atoms with E-state index in [4.69, 9.17) is 5.73 Å². The molecule has 3 rings (SSSR count). The molecule has 176 valence electrons. The second kappa shape index (κ2) is 13.4. The molecule has 0 spiro atoms. The monoisotopic (exact) mass is 448 g/mol. The number of nitrogens with two attached hydrogens (primary N) is 1. The van der Waals surface area contributed by atoms with Crippen LogP contribution in [0.5, 0.6) is 0 Å². The van der Waals surface area contributed by atoms with Gasteiger partial charge in [-0.2, -0.15) is 0 Å². The van der Waals surface area contributed by atoms with Crippen LogP contribution in [-0.2, 0) is 22.4 Å². The number of carbonyl (C=O) groups excluding carboxylic acids is 2. The molecule has 2 aromatic carbocycles. The fourth-order valence-corrected chi connectivity index (χ4v) is 4.05. The highest BCUT2D eigenvalue weighted by Crippen LogP contribution is 2.19. The highest BCUT2D eigenvalue weighted by atomic mass is 16.2. The van der Waals surface area contributed by atoms with E-state index in [-0.39, 0.29) is 11.8 Å². The number of aromatic amines is 1. The van der Waals surface area contributed by atoms with E-state index in [2.05, 4.69) is 27.8 Å². The first kappa shape index (κ1) is 24.5. The number of rotatable bonds is 14. The maximum absolute atomic E-state index is 13.0. The van der Waals surface area contributed by atoms with Gasteiger partial charge in [-0.15, -0.1) is 0 Å². The predicted molar refractivity (Wildman–Crippen MR) is 134 cm³/mol. The summed E-state index contributed by atoms with van der Waals surface area (Å²) in [6.07, 6.45) is 8.37. The molecule has 1 unspecified atom stereocenters. The van der Waals surface area contributed by atoms with Gasteiger partial charge in [-0.3, -0.25) is 9.59 Å². The molecule has 0 fully saturated rings. The zero-order chi connectivity index (χ0) is 23.3. The number of hydrogen-bond acceptors (Lipinski definition) is 3. The van der Waals surface area contributed by atoms with Crippen molar-refractivity contribution in [2.24, 2.45) is 5.73 Å². The number of para-hydroxylation sites is 1. The third kappa shape index (κ3) is 8.06. The van der Waals surface area contributed by atoms with E-state index in [0.29, 0.717) is 25.9 Å². The fraction of sp³-hybridized carbons (Fsp3) is 0.407. The van der Waals surface area contributed by atoms with Crippen LogP contribution in [-0.4, -0.2) is 35.9 Å². The third-order valence-electron chi connectivity index (χ3n) is 5.89. The van der Waals surface area contributed by atoms with Crippen molar-refractivity contribution in [1.29, 1.82) is 0 Å². The molecule has 6 nitrogen and oxygen atoms in total. The van der Waals surface area contributed by atoms with E-state index in [1.807, 2.05) is 48.7 Å². The van der Waals surface area contributed by atoms with Crippen molar-refractivity contribution in [2.45, 2.75) is 57.4 Å². The molecular weight excluding hydrogens is 412 g/mol. The average molecular weight is 449 g/mol. The largest absolute Gasteiger partial charge is 0.361 e. The van der Waals surface area contributed by atoms with Gasteiger partial charge in [0.25, 0.3) is 0 Å². The van der Waals surface area contributed by atoms with Gasteiger partial charge in [-0.1, -0.05) is 61.4 Å². The highest BCUT2D eigenvalue weighted by molar-refractivity contribution is 5.89. The van der Waals surface area contributed by atoms with E-state index >= 15 is 0 Å². The number of aryl methyl sites for hydroxylation is 1. The van der Waals surface area contributed by atoms with Crippen LogP contribution >= 0.6 is 0 Å². The standard InChI is InChI=1S/C27H36N4O2/c28-17-9-2-1-6-16-26(32)31-25(19-22-20-30-24-15-8-7-14-23(22)24)27(33)29-18-10-13-21-11-4-3-5-12-21/h3-5,7-8,11-12,14-15,20,25,30H,1-2,6,9-10,13,16-19,28H2,(H,29,33)(H,31,32). The summed E-state index contributed by atoms with van der Waals surface area (Å²) in [7, 11) is 0. The Labute approximate surface area is 196 Å². The van der Waals surface area contributed by atoms with Crippen LogP contribution in [0.4, 0.5) is 0 Å². The molecule has 3 aromatic rings.